The van der Waals surface area contributed by atoms with Crippen LogP contribution in [0.4, 0.5) is 25.1 Å². The van der Waals surface area contributed by atoms with Crippen LogP contribution < -0.4 is 5.32 Å². The highest BCUT2D eigenvalue weighted by atomic mass is 32.1. The molecule has 2 N–H and O–H groups in total. The Morgan fingerprint density at radius 1 is 1.10 bits per heavy atom. The molecule has 5 heterocycles. The molecule has 3 aromatic heterocycles. The van der Waals surface area contributed by atoms with E-state index in [9.17, 15) is 13.6 Å². The maximum Gasteiger partial charge on any atom is 0.494 e. The number of urea groups is 1. The zero-order valence-electron chi connectivity index (χ0n) is 20.7. The lowest BCUT2D eigenvalue weighted by Crippen LogP contribution is -2.60. The number of alkyl halides is 2. The molecular formula is C28H22F2N7OS+. The van der Waals surface area contributed by atoms with Crippen LogP contribution in [-0.4, -0.2) is 60.9 Å². The fraction of sp³-hybridized carbons (Fsp3) is 0.179. The monoisotopic (exact) mass is 542 g/mol. The van der Waals surface area contributed by atoms with Crippen molar-refractivity contribution in [1.29, 1.82) is 0 Å². The smallest absolute Gasteiger partial charge is 0.339 e. The lowest BCUT2D eigenvalue weighted by atomic mass is 10.0. The third-order valence-corrected chi connectivity index (χ3v) is 8.02. The summed E-state index contributed by atoms with van der Waals surface area (Å²) in [4.78, 5) is 23.7. The van der Waals surface area contributed by atoms with Crippen LogP contribution in [-0.2, 0) is 0 Å². The second-order valence-electron chi connectivity index (χ2n) is 9.77. The average molecular weight is 543 g/mol. The number of hydrogen-bond acceptors (Lipinski definition) is 6. The molecule has 2 amide bonds. The van der Waals surface area contributed by atoms with Gasteiger partial charge < -0.3 is 5.32 Å². The average Bonchev–Trinajstić information content (AvgIpc) is 3.68. The number of halogens is 2. The van der Waals surface area contributed by atoms with Crippen LogP contribution in [0.2, 0.25) is 0 Å². The molecule has 2 aliphatic rings. The van der Waals surface area contributed by atoms with E-state index in [0.717, 1.165) is 43.7 Å². The van der Waals surface area contributed by atoms with Gasteiger partial charge in [0.1, 0.15) is 12.3 Å². The molecule has 0 saturated carbocycles. The number of anilines is 2. The minimum atomic E-state index is -2.80. The highest BCUT2D eigenvalue weighted by Gasteiger charge is 2.54. The molecule has 0 spiro atoms. The molecule has 2 aliphatic heterocycles. The Morgan fingerprint density at radius 3 is 2.64 bits per heavy atom. The number of rotatable bonds is 4. The molecule has 7 rings (SSSR count). The van der Waals surface area contributed by atoms with Gasteiger partial charge in [-0.15, -0.1) is 11.3 Å². The lowest BCUT2D eigenvalue weighted by Gasteiger charge is -2.32. The van der Waals surface area contributed by atoms with Crippen LogP contribution >= 0.6 is 11.3 Å². The number of benzene rings is 2. The fourth-order valence-electron chi connectivity index (χ4n) is 5.01. The molecule has 8 nitrogen and oxygen atoms in total. The molecule has 1 atom stereocenters. The second-order valence-corrected chi connectivity index (χ2v) is 10.7. The van der Waals surface area contributed by atoms with E-state index in [0.29, 0.717) is 11.6 Å². The van der Waals surface area contributed by atoms with E-state index in [1.807, 2.05) is 67.0 Å². The quantitative estimate of drug-likeness (QED) is 0.269. The Hall–Kier alpha value is -4.51. The number of thiophene rings is 1. The minimum Gasteiger partial charge on any atom is -0.339 e. The summed E-state index contributed by atoms with van der Waals surface area (Å²) < 4.78 is 29.1. The largest absolute Gasteiger partial charge is 0.494 e. The van der Waals surface area contributed by atoms with Gasteiger partial charge in [0.15, 0.2) is 24.7 Å². The summed E-state index contributed by atoms with van der Waals surface area (Å²) in [6.45, 7) is 0.812. The number of carbonyl (C=O) groups is 1. The summed E-state index contributed by atoms with van der Waals surface area (Å²) in [7, 11) is 0. The maximum absolute atomic E-state index is 13.3. The van der Waals surface area contributed by atoms with E-state index in [4.69, 9.17) is 9.97 Å². The van der Waals surface area contributed by atoms with Gasteiger partial charge in [0.2, 0.25) is 0 Å². The van der Waals surface area contributed by atoms with Gasteiger partial charge in [0, 0.05) is 34.1 Å². The summed E-state index contributed by atoms with van der Waals surface area (Å²) in [6.07, 6.45) is 5.36. The molecule has 0 bridgehead atoms. The first-order valence-corrected chi connectivity index (χ1v) is 13.3. The Bertz CT molecular complexity index is 1750. The van der Waals surface area contributed by atoms with Gasteiger partial charge >= 0.3 is 12.0 Å². The first-order chi connectivity index (χ1) is 18.8. The van der Waals surface area contributed by atoms with Gasteiger partial charge in [-0.2, -0.15) is 23.2 Å². The lowest BCUT2D eigenvalue weighted by molar-refractivity contribution is -0.475. The third kappa shape index (κ3) is 4.15. The molecule has 194 valence electrons. The molecule has 1 unspecified atom stereocenters. The topological polar surface area (TPSA) is 89.8 Å². The van der Waals surface area contributed by atoms with Crippen molar-refractivity contribution in [2.45, 2.75) is 18.9 Å². The van der Waals surface area contributed by atoms with Crippen LogP contribution in [0.15, 0.2) is 66.3 Å². The van der Waals surface area contributed by atoms with E-state index >= 15 is 0 Å². The van der Waals surface area contributed by atoms with Crippen LogP contribution in [0.25, 0.3) is 32.7 Å². The number of likely N-dealkylation sites (tertiary alicyclic amines) is 1. The van der Waals surface area contributed by atoms with Gasteiger partial charge in [-0.3, -0.25) is 5.10 Å². The first kappa shape index (κ1) is 23.6. The van der Waals surface area contributed by atoms with Gasteiger partial charge in [0.05, 0.1) is 16.4 Å². The predicted octanol–water partition coefficient (Wildman–Crippen LogP) is 6.07. The Kier molecular flexibility index (Phi) is 5.31. The number of fused-ring (bicyclic) bond motifs is 2. The second kappa shape index (κ2) is 8.77. The van der Waals surface area contributed by atoms with E-state index in [2.05, 4.69) is 15.5 Å². The van der Waals surface area contributed by atoms with Gasteiger partial charge in [-0.1, -0.05) is 24.3 Å². The number of hydrogen-bond donors (Lipinski definition) is 2. The maximum atomic E-state index is 13.3. The first-order valence-electron chi connectivity index (χ1n) is 12.4. The van der Waals surface area contributed by atoms with Crippen molar-refractivity contribution in [3.8, 4) is 22.5 Å². The predicted molar refractivity (Wildman–Crippen MR) is 146 cm³/mol. The molecule has 39 heavy (non-hydrogen) atoms. The zero-order valence-corrected chi connectivity index (χ0v) is 21.5. The van der Waals surface area contributed by atoms with Crippen molar-refractivity contribution in [3.63, 3.8) is 0 Å². The molecule has 5 aromatic rings. The summed E-state index contributed by atoms with van der Waals surface area (Å²) >= 11 is 1.57. The molecule has 0 aliphatic carbocycles. The highest BCUT2D eigenvalue weighted by molar-refractivity contribution is 7.17. The third-order valence-electron chi connectivity index (χ3n) is 7.11. The van der Waals surface area contributed by atoms with Crippen molar-refractivity contribution in [3.05, 3.63) is 77.4 Å². The van der Waals surface area contributed by atoms with Gasteiger partial charge in [0.25, 0.3) is 0 Å². The van der Waals surface area contributed by atoms with E-state index in [1.54, 1.807) is 23.7 Å². The molecule has 2 aromatic carbocycles. The number of aromatic amines is 1. The number of nitrogens with one attached hydrogen (secondary N) is 2. The normalized spacial score (nSPS) is 17.6. The Balaban J connectivity index is 1.17. The summed E-state index contributed by atoms with van der Waals surface area (Å²) in [5.41, 5.74) is 6.40. The SMILES string of the molecule is CC1c2cc(-c3nc(Nc4ccc(-c5cn[nH]c5)cc4)c4sccc4n3)ccc2C=[N+]1C(=O)N1CC(F)(F)C1. The van der Waals surface area contributed by atoms with Crippen LogP contribution in [0.1, 0.15) is 24.1 Å². The molecular weight excluding hydrogens is 520 g/mol. The van der Waals surface area contributed by atoms with Crippen molar-refractivity contribution < 1.29 is 18.2 Å². The van der Waals surface area contributed by atoms with Gasteiger partial charge in [-0.05, 0) is 42.1 Å². The summed E-state index contributed by atoms with van der Waals surface area (Å²) in [6, 6.07) is 15.1. The van der Waals surface area contributed by atoms with Crippen molar-refractivity contribution in [1.82, 2.24) is 25.1 Å². The molecule has 11 heteroatoms. The molecule has 0 radical (unpaired) electrons. The summed E-state index contributed by atoms with van der Waals surface area (Å²) in [5, 5.41) is 12.3. The number of amides is 2. The standard InChI is InChI=1S/C28H21F2N7OS/c1-16-22-10-18(2-3-19(22)13-37(16)27(38)36-14-28(29,30)15-36)25-34-23-8-9-39-24(23)26(35-25)33-21-6-4-17(5-7-21)20-11-31-32-12-20/h2-13,16H,14-15H2,1H3,(H,34,35)/p+1. The molecule has 1 saturated heterocycles. The minimum absolute atomic E-state index is 0.294. The highest BCUT2D eigenvalue weighted by Crippen LogP contribution is 2.35. The zero-order chi connectivity index (χ0) is 26.7. The summed E-state index contributed by atoms with van der Waals surface area (Å²) in [5.74, 6) is -1.54. The van der Waals surface area contributed by atoms with E-state index < -0.39 is 25.0 Å². The van der Waals surface area contributed by atoms with Crippen LogP contribution in [0.3, 0.4) is 0 Å². The van der Waals surface area contributed by atoms with Crippen LogP contribution in [0.5, 0.6) is 0 Å². The van der Waals surface area contributed by atoms with Gasteiger partial charge in [-0.25, -0.2) is 14.9 Å². The van der Waals surface area contributed by atoms with Crippen molar-refractivity contribution >= 4 is 45.3 Å². The fourth-order valence-corrected chi connectivity index (χ4v) is 5.78. The van der Waals surface area contributed by atoms with Crippen molar-refractivity contribution in [2.24, 2.45) is 0 Å². The number of H-pyrrole nitrogens is 1. The molecule has 1 fully saturated rings. The number of aromatic nitrogens is 4. The number of nitrogens with zero attached hydrogens (tertiary/aromatic N) is 5. The van der Waals surface area contributed by atoms with Crippen LogP contribution in [0, 0.1) is 0 Å². The van der Waals surface area contributed by atoms with E-state index in [1.165, 1.54) is 9.48 Å². The number of carbonyl (C=O) groups excluding carboxylic acids is 1. The Morgan fingerprint density at radius 2 is 1.90 bits per heavy atom. The Labute approximate surface area is 225 Å². The van der Waals surface area contributed by atoms with E-state index in [-0.39, 0.29) is 6.04 Å². The van der Waals surface area contributed by atoms with Crippen molar-refractivity contribution in [2.75, 3.05) is 18.4 Å².